The van der Waals surface area contributed by atoms with Crippen LogP contribution in [-0.2, 0) is 6.42 Å². The molecule has 0 spiro atoms. The second-order valence-corrected chi connectivity index (χ2v) is 18.8. The van der Waals surface area contributed by atoms with E-state index in [9.17, 15) is 4.79 Å². The van der Waals surface area contributed by atoms with Crippen LogP contribution in [0, 0.1) is 11.5 Å². The molecule has 1 N–H and O–H groups in total. The molecule has 45 heavy (non-hydrogen) atoms. The van der Waals surface area contributed by atoms with Crippen LogP contribution in [0.4, 0.5) is 17.3 Å². The van der Waals surface area contributed by atoms with Crippen LogP contribution in [0.25, 0.3) is 16.7 Å². The Morgan fingerprint density at radius 3 is 2.20 bits per heavy atom. The van der Waals surface area contributed by atoms with Crippen molar-refractivity contribution in [2.45, 2.75) is 71.5 Å². The summed E-state index contributed by atoms with van der Waals surface area (Å²) >= 11 is 0. The Bertz CT molecular complexity index is 1740. The molecule has 0 radical (unpaired) electrons. The summed E-state index contributed by atoms with van der Waals surface area (Å²) in [6, 6.07) is 17.8. The molecule has 2 aromatic heterocycles. The Kier molecular flexibility index (Phi) is 9.81. The third kappa shape index (κ3) is 6.56. The topological polar surface area (TPSA) is 66.3 Å². The highest BCUT2D eigenvalue weighted by Crippen LogP contribution is 2.41. The Balaban J connectivity index is 1.59. The van der Waals surface area contributed by atoms with Gasteiger partial charge in [-0.1, -0.05) is 72.6 Å². The quantitative estimate of drug-likeness (QED) is 0.164. The molecular weight excluding hydrogens is 573 g/mol. The van der Waals surface area contributed by atoms with Crippen molar-refractivity contribution >= 4 is 36.4 Å². The minimum absolute atomic E-state index is 0.154. The lowest BCUT2D eigenvalue weighted by Crippen LogP contribution is -2.44. The van der Waals surface area contributed by atoms with Gasteiger partial charge in [0.15, 0.2) is 5.65 Å². The van der Waals surface area contributed by atoms with Gasteiger partial charge in [0.25, 0.3) is 5.56 Å². The Labute approximate surface area is 269 Å². The monoisotopic (exact) mass is 620 g/mol. The van der Waals surface area contributed by atoms with Crippen molar-refractivity contribution in [1.29, 1.82) is 0 Å². The van der Waals surface area contributed by atoms with Crippen molar-refractivity contribution in [3.05, 3.63) is 82.3 Å². The van der Waals surface area contributed by atoms with Crippen molar-refractivity contribution in [3.63, 3.8) is 0 Å². The van der Waals surface area contributed by atoms with E-state index in [0.29, 0.717) is 33.8 Å². The lowest BCUT2D eigenvalue weighted by atomic mass is 10.1. The fourth-order valence-corrected chi connectivity index (χ4v) is 12.4. The number of aryl methyl sites for hydroxylation is 1. The lowest BCUT2D eigenvalue weighted by molar-refractivity contribution is 0.312. The van der Waals surface area contributed by atoms with Crippen molar-refractivity contribution in [3.8, 4) is 17.2 Å². The molecule has 5 rings (SSSR count). The van der Waals surface area contributed by atoms with Crippen molar-refractivity contribution in [1.82, 2.24) is 19.4 Å². The molecule has 1 fully saturated rings. The average Bonchev–Trinajstić information content (AvgIpc) is 3.01. The second kappa shape index (κ2) is 13.6. The van der Waals surface area contributed by atoms with E-state index in [1.165, 1.54) is 11.3 Å². The summed E-state index contributed by atoms with van der Waals surface area (Å²) in [5, 5.41) is 4.21. The predicted octanol–water partition coefficient (Wildman–Crippen LogP) is 7.41. The molecule has 0 aliphatic carbocycles. The fourth-order valence-electron chi connectivity index (χ4n) is 7.13. The van der Waals surface area contributed by atoms with Gasteiger partial charge < -0.3 is 15.1 Å². The highest BCUT2D eigenvalue weighted by molar-refractivity contribution is 6.90. The van der Waals surface area contributed by atoms with E-state index >= 15 is 0 Å². The van der Waals surface area contributed by atoms with E-state index in [0.717, 1.165) is 49.4 Å². The largest absolute Gasteiger partial charge is 0.369 e. The number of nitrogens with zero attached hydrogens (tertiary/aromatic N) is 5. The van der Waals surface area contributed by atoms with Crippen LogP contribution in [0.5, 0.6) is 0 Å². The molecule has 0 atom stereocenters. The first-order valence-corrected chi connectivity index (χ1v) is 18.6. The highest BCUT2D eigenvalue weighted by Gasteiger charge is 2.41. The molecule has 1 saturated heterocycles. The summed E-state index contributed by atoms with van der Waals surface area (Å²) in [7, 11) is 0.166. The van der Waals surface area contributed by atoms with Gasteiger partial charge in [-0.05, 0) is 66.0 Å². The van der Waals surface area contributed by atoms with Gasteiger partial charge in [-0.25, -0.2) is 4.98 Å². The van der Waals surface area contributed by atoms with Crippen molar-refractivity contribution in [2.75, 3.05) is 43.4 Å². The number of para-hydroxylation sites is 1. The molecule has 4 aromatic rings. The zero-order valence-corrected chi connectivity index (χ0v) is 29.2. The van der Waals surface area contributed by atoms with Crippen LogP contribution in [0.1, 0.15) is 59.6 Å². The maximum absolute atomic E-state index is 13.8. The molecule has 8 heteroatoms. The highest BCUT2D eigenvalue weighted by atomic mass is 28.3. The van der Waals surface area contributed by atoms with Crippen LogP contribution in [0.15, 0.2) is 65.6 Å². The summed E-state index contributed by atoms with van der Waals surface area (Å²) in [5.41, 5.74) is 10.6. The Morgan fingerprint density at radius 2 is 1.58 bits per heavy atom. The zero-order valence-electron chi connectivity index (χ0n) is 28.2. The number of pyridine rings is 1. The average molecular weight is 621 g/mol. The molecule has 3 heterocycles. The summed E-state index contributed by atoms with van der Waals surface area (Å²) < 4.78 is 1.67. The molecule has 0 saturated carbocycles. The van der Waals surface area contributed by atoms with E-state index < -0.39 is 8.07 Å². The van der Waals surface area contributed by atoms with Crippen molar-refractivity contribution < 1.29 is 0 Å². The summed E-state index contributed by atoms with van der Waals surface area (Å²) in [6.07, 6.45) is 2.75. The van der Waals surface area contributed by atoms with Gasteiger partial charge in [-0.2, -0.15) is 4.98 Å². The number of anilines is 3. The minimum atomic E-state index is -2.01. The van der Waals surface area contributed by atoms with E-state index in [1.807, 2.05) is 36.5 Å². The Hall–Kier alpha value is -3.93. The van der Waals surface area contributed by atoms with E-state index in [4.69, 9.17) is 9.97 Å². The fraction of sp³-hybridized carbons (Fsp3) is 0.432. The number of piperazine rings is 1. The van der Waals surface area contributed by atoms with Gasteiger partial charge in [0, 0.05) is 55.4 Å². The van der Waals surface area contributed by atoms with Crippen LogP contribution in [0.2, 0.25) is 16.6 Å². The van der Waals surface area contributed by atoms with Gasteiger partial charge >= 0.3 is 0 Å². The molecule has 0 bridgehead atoms. The third-order valence-corrected chi connectivity index (χ3v) is 15.9. The van der Waals surface area contributed by atoms with Gasteiger partial charge in [-0.15, -0.1) is 5.54 Å². The smallest absolute Gasteiger partial charge is 0.258 e. The molecule has 1 aliphatic rings. The molecule has 0 amide bonds. The Morgan fingerprint density at radius 1 is 0.911 bits per heavy atom. The number of aromatic nitrogens is 3. The number of hydrogen-bond donors (Lipinski definition) is 1. The molecule has 0 unspecified atom stereocenters. The number of rotatable bonds is 8. The third-order valence-electron chi connectivity index (χ3n) is 9.61. The standard InChI is InChI=1S/C37H48N6OSi/c1-9-29-23-31(15-16-34(29)42-20-18-41(8)19-21-42)39-37-38-25-33-30(17-22-45(26(2)3,27(4)5)28(6)7)24-35(44)43(36(33)40-37)32-13-11-10-12-14-32/h10-16,23-28H,9,18-21H2,1-8H3,(H,38,39,40). The molecule has 2 aromatic carbocycles. The minimum Gasteiger partial charge on any atom is -0.369 e. The van der Waals surface area contributed by atoms with E-state index in [1.54, 1.807) is 10.6 Å². The van der Waals surface area contributed by atoms with Gasteiger partial charge in [0.2, 0.25) is 5.95 Å². The van der Waals surface area contributed by atoms with Gasteiger partial charge in [0.1, 0.15) is 8.07 Å². The number of fused-ring (bicyclic) bond motifs is 1. The molecule has 1 aliphatic heterocycles. The number of likely N-dealkylation sites (N-methyl/N-ethyl adjacent to an activating group) is 1. The zero-order chi connectivity index (χ0) is 32.3. The first-order valence-electron chi connectivity index (χ1n) is 16.4. The number of benzene rings is 2. The first-order chi connectivity index (χ1) is 21.5. The van der Waals surface area contributed by atoms with Gasteiger partial charge in [-0.3, -0.25) is 9.36 Å². The van der Waals surface area contributed by atoms with Crippen molar-refractivity contribution in [2.24, 2.45) is 0 Å². The summed E-state index contributed by atoms with van der Waals surface area (Å²) in [5.74, 6) is 3.95. The maximum Gasteiger partial charge on any atom is 0.258 e. The molecular formula is C37H48N6OSi. The van der Waals surface area contributed by atoms with Crippen LogP contribution < -0.4 is 15.8 Å². The summed E-state index contributed by atoms with van der Waals surface area (Å²) in [4.78, 5) is 28.3. The number of hydrogen-bond acceptors (Lipinski definition) is 6. The van der Waals surface area contributed by atoms with E-state index in [2.05, 4.69) is 100 Å². The SMILES string of the molecule is CCc1cc(Nc2ncc3c(C#C[Si](C(C)C)(C(C)C)C(C)C)cc(=O)n(-c4ccccc4)c3n2)ccc1N1CCN(C)CC1. The number of nitrogens with one attached hydrogen (secondary N) is 1. The lowest BCUT2D eigenvalue weighted by Gasteiger charge is -2.38. The first kappa shape index (κ1) is 32.5. The van der Waals surface area contributed by atoms with Crippen LogP contribution >= 0.6 is 0 Å². The van der Waals surface area contributed by atoms with Gasteiger partial charge in [0.05, 0.1) is 11.1 Å². The van der Waals surface area contributed by atoms with Crippen LogP contribution in [0.3, 0.4) is 0 Å². The predicted molar refractivity (Wildman–Crippen MR) is 192 cm³/mol. The van der Waals surface area contributed by atoms with Crippen LogP contribution in [-0.4, -0.2) is 60.7 Å². The summed E-state index contributed by atoms with van der Waals surface area (Å²) in [6.45, 7) is 20.2. The molecule has 236 valence electrons. The molecule has 7 nitrogen and oxygen atoms in total. The second-order valence-electron chi connectivity index (χ2n) is 13.3. The normalized spacial score (nSPS) is 14.3. The van der Waals surface area contributed by atoms with E-state index in [-0.39, 0.29) is 5.56 Å². The maximum atomic E-state index is 13.8.